The van der Waals surface area contributed by atoms with Crippen LogP contribution in [0.1, 0.15) is 42.4 Å². The molecule has 9 nitrogen and oxygen atoms in total. The van der Waals surface area contributed by atoms with E-state index in [9.17, 15) is 14.9 Å². The maximum Gasteiger partial charge on any atom is 0.311 e. The number of ether oxygens (including phenoxy) is 1. The Labute approximate surface area is 179 Å². The Morgan fingerprint density at radius 3 is 2.87 bits per heavy atom. The number of hydrogen-bond acceptors (Lipinski definition) is 6. The summed E-state index contributed by atoms with van der Waals surface area (Å²) >= 11 is 0. The van der Waals surface area contributed by atoms with E-state index in [1.165, 1.54) is 24.6 Å². The molecule has 0 fully saturated rings. The molecule has 1 aromatic heterocycles. The molecule has 3 aromatic rings. The van der Waals surface area contributed by atoms with Gasteiger partial charge in [-0.05, 0) is 44.0 Å². The number of nitro benzene ring substituents is 1. The smallest absolute Gasteiger partial charge is 0.311 e. The van der Waals surface area contributed by atoms with E-state index >= 15 is 0 Å². The minimum absolute atomic E-state index is 0.138. The van der Waals surface area contributed by atoms with Gasteiger partial charge in [-0.25, -0.2) is 0 Å². The van der Waals surface area contributed by atoms with Crippen molar-refractivity contribution in [2.45, 2.75) is 39.2 Å². The number of amides is 1. The number of nitro groups is 1. The predicted octanol–water partition coefficient (Wildman–Crippen LogP) is 4.23. The Kier molecular flexibility index (Phi) is 5.92. The van der Waals surface area contributed by atoms with Gasteiger partial charge in [-0.2, -0.15) is 0 Å². The largest absolute Gasteiger partial charge is 0.487 e. The summed E-state index contributed by atoms with van der Waals surface area (Å²) in [6.45, 7) is 2.92. The minimum Gasteiger partial charge on any atom is -0.487 e. The van der Waals surface area contributed by atoms with Crippen LogP contribution < -0.4 is 10.1 Å². The maximum atomic E-state index is 12.7. The molecule has 1 aliphatic heterocycles. The summed E-state index contributed by atoms with van der Waals surface area (Å²) in [5, 5.41) is 22.8. The molecule has 160 valence electrons. The Morgan fingerprint density at radius 2 is 2.06 bits per heavy atom. The number of aryl methyl sites for hydroxylation is 1. The van der Waals surface area contributed by atoms with E-state index < -0.39 is 10.8 Å². The van der Waals surface area contributed by atoms with Crippen LogP contribution in [0.5, 0.6) is 5.75 Å². The zero-order valence-corrected chi connectivity index (χ0v) is 17.2. The summed E-state index contributed by atoms with van der Waals surface area (Å²) < 4.78 is 7.42. The number of nitrogens with one attached hydrogen (secondary N) is 1. The summed E-state index contributed by atoms with van der Waals surface area (Å²) in [5.74, 6) is 1.47. The SMILES string of the molecule is CCOc1ccc(C(=O)Nc2cccc(-c3nnc4n3CCCCC4)c2)cc1[N+](=O)[O-]. The fourth-order valence-corrected chi connectivity index (χ4v) is 3.72. The normalized spacial score (nSPS) is 13.2. The lowest BCUT2D eigenvalue weighted by Crippen LogP contribution is -2.12. The number of rotatable bonds is 6. The van der Waals surface area contributed by atoms with Crippen molar-refractivity contribution in [1.82, 2.24) is 14.8 Å². The second-order valence-electron chi connectivity index (χ2n) is 7.31. The first-order valence-corrected chi connectivity index (χ1v) is 10.3. The first-order valence-electron chi connectivity index (χ1n) is 10.3. The second kappa shape index (κ2) is 8.95. The molecule has 0 saturated heterocycles. The van der Waals surface area contributed by atoms with Gasteiger partial charge < -0.3 is 14.6 Å². The highest BCUT2D eigenvalue weighted by Gasteiger charge is 2.20. The van der Waals surface area contributed by atoms with E-state index in [0.29, 0.717) is 12.3 Å². The lowest BCUT2D eigenvalue weighted by atomic mass is 10.1. The van der Waals surface area contributed by atoms with Gasteiger partial charge in [0.05, 0.1) is 11.5 Å². The molecule has 1 N–H and O–H groups in total. The third-order valence-corrected chi connectivity index (χ3v) is 5.21. The molecule has 2 aromatic carbocycles. The molecular weight excluding hydrogens is 398 g/mol. The van der Waals surface area contributed by atoms with Crippen molar-refractivity contribution in [3.05, 3.63) is 64.0 Å². The monoisotopic (exact) mass is 421 g/mol. The number of fused-ring (bicyclic) bond motifs is 1. The van der Waals surface area contributed by atoms with Crippen LogP contribution in [0.15, 0.2) is 42.5 Å². The highest BCUT2D eigenvalue weighted by Crippen LogP contribution is 2.29. The summed E-state index contributed by atoms with van der Waals surface area (Å²) in [6.07, 6.45) is 4.29. The quantitative estimate of drug-likeness (QED) is 0.471. The third kappa shape index (κ3) is 4.40. The molecular formula is C22H23N5O4. The number of carbonyl (C=O) groups excluding carboxylic acids is 1. The van der Waals surface area contributed by atoms with Crippen LogP contribution in [0.25, 0.3) is 11.4 Å². The average molecular weight is 421 g/mol. The Hall–Kier alpha value is -3.75. The molecule has 0 saturated carbocycles. The molecule has 1 amide bonds. The van der Waals surface area contributed by atoms with Crippen LogP contribution in [0.2, 0.25) is 0 Å². The molecule has 2 heterocycles. The van der Waals surface area contributed by atoms with Crippen LogP contribution in [0.3, 0.4) is 0 Å². The number of carbonyl (C=O) groups is 1. The molecule has 0 atom stereocenters. The van der Waals surface area contributed by atoms with Crippen LogP contribution in [0.4, 0.5) is 11.4 Å². The van der Waals surface area contributed by atoms with E-state index in [1.54, 1.807) is 13.0 Å². The van der Waals surface area contributed by atoms with Gasteiger partial charge in [0.2, 0.25) is 0 Å². The lowest BCUT2D eigenvalue weighted by Gasteiger charge is -2.10. The fraction of sp³-hybridized carbons (Fsp3) is 0.318. The van der Waals surface area contributed by atoms with Crippen molar-refractivity contribution in [2.75, 3.05) is 11.9 Å². The molecule has 0 aliphatic carbocycles. The van der Waals surface area contributed by atoms with Gasteiger partial charge in [-0.1, -0.05) is 18.6 Å². The Balaban J connectivity index is 1.57. The summed E-state index contributed by atoms with van der Waals surface area (Å²) in [5.41, 5.74) is 1.37. The van der Waals surface area contributed by atoms with Gasteiger partial charge in [0.15, 0.2) is 11.6 Å². The molecule has 31 heavy (non-hydrogen) atoms. The minimum atomic E-state index is -0.556. The van der Waals surface area contributed by atoms with Gasteiger partial charge in [-0.15, -0.1) is 10.2 Å². The Morgan fingerprint density at radius 1 is 1.19 bits per heavy atom. The van der Waals surface area contributed by atoms with Gasteiger partial charge in [-0.3, -0.25) is 14.9 Å². The second-order valence-corrected chi connectivity index (χ2v) is 7.31. The van der Waals surface area contributed by atoms with Crippen molar-refractivity contribution >= 4 is 17.3 Å². The van der Waals surface area contributed by atoms with Crippen molar-refractivity contribution in [2.24, 2.45) is 0 Å². The number of hydrogen-bond donors (Lipinski definition) is 1. The van der Waals surface area contributed by atoms with E-state index in [0.717, 1.165) is 43.0 Å². The lowest BCUT2D eigenvalue weighted by molar-refractivity contribution is -0.385. The highest BCUT2D eigenvalue weighted by atomic mass is 16.6. The predicted molar refractivity (Wildman–Crippen MR) is 115 cm³/mol. The number of aromatic nitrogens is 3. The van der Waals surface area contributed by atoms with Gasteiger partial charge in [0.1, 0.15) is 5.82 Å². The molecule has 0 radical (unpaired) electrons. The molecule has 1 aliphatic rings. The number of anilines is 1. The number of benzene rings is 2. The third-order valence-electron chi connectivity index (χ3n) is 5.21. The molecule has 0 unspecified atom stereocenters. The Bertz CT molecular complexity index is 1120. The van der Waals surface area contributed by atoms with Gasteiger partial charge in [0.25, 0.3) is 5.91 Å². The molecule has 0 spiro atoms. The molecule has 4 rings (SSSR count). The first kappa shape index (κ1) is 20.5. The van der Waals surface area contributed by atoms with Gasteiger partial charge in [0, 0.05) is 35.8 Å². The van der Waals surface area contributed by atoms with E-state index in [-0.39, 0.29) is 17.0 Å². The van der Waals surface area contributed by atoms with Crippen molar-refractivity contribution in [3.63, 3.8) is 0 Å². The summed E-state index contributed by atoms with van der Waals surface area (Å²) in [4.78, 5) is 23.5. The van der Waals surface area contributed by atoms with Crippen LogP contribution in [0, 0.1) is 10.1 Å². The van der Waals surface area contributed by atoms with Crippen LogP contribution in [-0.4, -0.2) is 32.2 Å². The topological polar surface area (TPSA) is 112 Å². The van der Waals surface area contributed by atoms with Crippen molar-refractivity contribution < 1.29 is 14.5 Å². The van der Waals surface area contributed by atoms with E-state index in [1.807, 2.05) is 18.2 Å². The zero-order chi connectivity index (χ0) is 21.8. The molecule has 0 bridgehead atoms. The van der Waals surface area contributed by atoms with E-state index in [4.69, 9.17) is 4.74 Å². The van der Waals surface area contributed by atoms with Crippen LogP contribution in [-0.2, 0) is 13.0 Å². The fourth-order valence-electron chi connectivity index (χ4n) is 3.72. The van der Waals surface area contributed by atoms with Crippen molar-refractivity contribution in [1.29, 1.82) is 0 Å². The standard InChI is InChI=1S/C22H23N5O4/c1-2-31-19-11-10-16(14-18(19)27(29)30)22(28)23-17-8-6-7-15(13-17)21-25-24-20-9-4-3-5-12-26(20)21/h6-8,10-11,13-14H,2-5,9,12H2,1H3,(H,23,28). The summed E-state index contributed by atoms with van der Waals surface area (Å²) in [7, 11) is 0. The first-order chi connectivity index (χ1) is 15.1. The van der Waals surface area contributed by atoms with E-state index in [2.05, 4.69) is 20.1 Å². The average Bonchev–Trinajstić information content (AvgIpc) is 3.02. The van der Waals surface area contributed by atoms with Crippen molar-refractivity contribution in [3.8, 4) is 17.1 Å². The maximum absolute atomic E-state index is 12.7. The summed E-state index contributed by atoms with van der Waals surface area (Å²) in [6, 6.07) is 11.5. The number of nitrogens with zero attached hydrogens (tertiary/aromatic N) is 4. The highest BCUT2D eigenvalue weighted by molar-refractivity contribution is 6.05. The molecule has 9 heteroatoms. The zero-order valence-electron chi connectivity index (χ0n) is 17.2. The van der Waals surface area contributed by atoms with Gasteiger partial charge >= 0.3 is 5.69 Å². The van der Waals surface area contributed by atoms with Crippen LogP contribution >= 0.6 is 0 Å².